The summed E-state index contributed by atoms with van der Waals surface area (Å²) in [6.45, 7) is 5.58. The second-order valence-corrected chi connectivity index (χ2v) is 10.0. The first-order valence-electron chi connectivity index (χ1n) is 13.4. The number of hydrogen-bond acceptors (Lipinski definition) is 4. The van der Waals surface area contributed by atoms with Gasteiger partial charge in [-0.25, -0.2) is 18.3 Å². The largest absolute Gasteiger partial charge is 0.351 e. The summed E-state index contributed by atoms with van der Waals surface area (Å²) in [7, 11) is 1.72. The topological polar surface area (TPSA) is 98.2 Å². The second kappa shape index (κ2) is 11.1. The van der Waals surface area contributed by atoms with Crippen molar-refractivity contribution in [1.82, 2.24) is 19.2 Å². The molecule has 0 unspecified atom stereocenters. The number of amides is 2. The molecule has 3 N–H and O–H groups in total. The van der Waals surface area contributed by atoms with Crippen molar-refractivity contribution < 1.29 is 13.6 Å². The quantitative estimate of drug-likeness (QED) is 0.351. The fraction of sp³-hybridized carbons (Fsp3) is 0.300. The van der Waals surface area contributed by atoms with Crippen LogP contribution in [0.2, 0.25) is 0 Å². The van der Waals surface area contributed by atoms with Crippen LogP contribution in [0.15, 0.2) is 53.5 Å². The number of fused-ring (bicyclic) bond motifs is 1. The van der Waals surface area contributed by atoms with E-state index in [9.17, 15) is 9.59 Å². The first-order valence-corrected chi connectivity index (χ1v) is 13.4. The van der Waals surface area contributed by atoms with Gasteiger partial charge in [0.25, 0.3) is 5.56 Å². The van der Waals surface area contributed by atoms with Crippen molar-refractivity contribution in [3.8, 4) is 16.9 Å². The number of pyridine rings is 1. The van der Waals surface area contributed by atoms with E-state index in [-0.39, 0.29) is 16.8 Å². The number of primary amides is 1. The lowest BCUT2D eigenvalue weighted by Gasteiger charge is -2.27. The van der Waals surface area contributed by atoms with E-state index in [0.717, 1.165) is 53.0 Å². The SMILES string of the molecule is CCc1cccc(CC)c1-n1nc2c(c1-c1cc(F)c(NC(N)=O)cc1F)CN(Cc1cccn(C)c1=O)CC2. The Bertz CT molecular complexity index is 1640. The standard InChI is InChI=1S/C30H32F2N6O2/c1-4-18-8-6-9-19(5-2)27(18)38-28(21-14-24(32)26(15-23(21)31)34-30(33)40)22-17-37(13-11-25(22)35-38)16-20-10-7-12-36(3)29(20)39/h6-10,12,14-15H,4-5,11,13,16-17H2,1-3H3,(H3,33,34,40). The molecule has 5 rings (SSSR count). The zero-order chi connectivity index (χ0) is 28.6. The van der Waals surface area contributed by atoms with E-state index in [0.29, 0.717) is 37.3 Å². The first kappa shape index (κ1) is 27.3. The molecule has 0 aliphatic carbocycles. The van der Waals surface area contributed by atoms with E-state index < -0.39 is 17.7 Å². The molecule has 0 radical (unpaired) electrons. The minimum atomic E-state index is -0.986. The fourth-order valence-corrected chi connectivity index (χ4v) is 5.46. The van der Waals surface area contributed by atoms with Gasteiger partial charge in [0.1, 0.15) is 11.6 Å². The van der Waals surface area contributed by atoms with Crippen molar-refractivity contribution >= 4 is 11.7 Å². The van der Waals surface area contributed by atoms with Gasteiger partial charge in [-0.05, 0) is 36.1 Å². The van der Waals surface area contributed by atoms with E-state index >= 15 is 8.78 Å². The maximum Gasteiger partial charge on any atom is 0.316 e. The molecule has 0 saturated heterocycles. The van der Waals surface area contributed by atoms with E-state index in [1.807, 2.05) is 44.2 Å². The van der Waals surface area contributed by atoms with E-state index in [1.165, 1.54) is 0 Å². The van der Waals surface area contributed by atoms with Gasteiger partial charge < -0.3 is 15.6 Å². The third kappa shape index (κ3) is 5.02. The van der Waals surface area contributed by atoms with Gasteiger partial charge >= 0.3 is 6.03 Å². The van der Waals surface area contributed by atoms with Crippen LogP contribution in [0.3, 0.4) is 0 Å². The summed E-state index contributed by atoms with van der Waals surface area (Å²) in [5.74, 6) is -1.52. The lowest BCUT2D eigenvalue weighted by atomic mass is 9.98. The van der Waals surface area contributed by atoms with E-state index in [2.05, 4.69) is 10.2 Å². The second-order valence-electron chi connectivity index (χ2n) is 10.0. The molecule has 0 spiro atoms. The maximum atomic E-state index is 15.8. The Kier molecular flexibility index (Phi) is 7.53. The average Bonchev–Trinajstić information content (AvgIpc) is 3.30. The van der Waals surface area contributed by atoms with Crippen LogP contribution in [-0.2, 0) is 39.4 Å². The zero-order valence-electron chi connectivity index (χ0n) is 22.8. The molecule has 8 nitrogen and oxygen atoms in total. The third-order valence-corrected chi connectivity index (χ3v) is 7.46. The molecule has 2 aromatic carbocycles. The lowest BCUT2D eigenvalue weighted by Crippen LogP contribution is -2.33. The highest BCUT2D eigenvalue weighted by atomic mass is 19.1. The third-order valence-electron chi connectivity index (χ3n) is 7.46. The molecular formula is C30H32F2N6O2. The number of nitrogens with zero attached hydrogens (tertiary/aromatic N) is 4. The van der Waals surface area contributed by atoms with Gasteiger partial charge in [-0.3, -0.25) is 9.69 Å². The summed E-state index contributed by atoms with van der Waals surface area (Å²) >= 11 is 0. The lowest BCUT2D eigenvalue weighted by molar-refractivity contribution is 0.243. The molecule has 40 heavy (non-hydrogen) atoms. The van der Waals surface area contributed by atoms with Crippen LogP contribution in [0.25, 0.3) is 16.9 Å². The van der Waals surface area contributed by atoms with Gasteiger partial charge in [-0.15, -0.1) is 0 Å². The maximum absolute atomic E-state index is 15.8. The molecule has 0 fully saturated rings. The van der Waals surface area contributed by atoms with Crippen LogP contribution in [0.4, 0.5) is 19.3 Å². The predicted molar refractivity (Wildman–Crippen MR) is 150 cm³/mol. The number of carbonyl (C=O) groups is 1. The molecule has 2 aromatic heterocycles. The average molecular weight is 547 g/mol. The van der Waals surface area contributed by atoms with Crippen LogP contribution in [-0.4, -0.2) is 31.8 Å². The molecular weight excluding hydrogens is 514 g/mol. The van der Waals surface area contributed by atoms with Crippen molar-refractivity contribution in [2.45, 2.75) is 46.2 Å². The summed E-state index contributed by atoms with van der Waals surface area (Å²) in [6.07, 6.45) is 3.76. The summed E-state index contributed by atoms with van der Waals surface area (Å²) in [5, 5.41) is 7.11. The molecule has 10 heteroatoms. The summed E-state index contributed by atoms with van der Waals surface area (Å²) in [5.41, 5.74) is 10.4. The molecule has 1 aliphatic rings. The number of aromatic nitrogens is 3. The summed E-state index contributed by atoms with van der Waals surface area (Å²) in [4.78, 5) is 26.1. The molecule has 3 heterocycles. The van der Waals surface area contributed by atoms with Crippen LogP contribution in [0.1, 0.15) is 41.8 Å². The molecule has 0 bridgehead atoms. The van der Waals surface area contributed by atoms with Crippen LogP contribution in [0.5, 0.6) is 0 Å². The molecule has 0 atom stereocenters. The van der Waals surface area contributed by atoms with E-state index in [1.54, 1.807) is 22.5 Å². The number of para-hydroxylation sites is 1. The van der Waals surface area contributed by atoms with Crippen LogP contribution < -0.4 is 16.6 Å². The number of benzene rings is 2. The number of nitrogens with two attached hydrogens (primary N) is 1. The van der Waals surface area contributed by atoms with Gasteiger partial charge in [-0.1, -0.05) is 38.1 Å². The predicted octanol–water partition coefficient (Wildman–Crippen LogP) is 4.69. The summed E-state index contributed by atoms with van der Waals surface area (Å²) < 4.78 is 34.2. The smallest absolute Gasteiger partial charge is 0.316 e. The molecule has 0 saturated carbocycles. The number of halogens is 2. The Hall–Kier alpha value is -4.31. The molecule has 208 valence electrons. The van der Waals surface area contributed by atoms with Crippen molar-refractivity contribution in [1.29, 1.82) is 0 Å². The number of rotatable bonds is 7. The Morgan fingerprint density at radius 3 is 2.42 bits per heavy atom. The highest BCUT2D eigenvalue weighted by molar-refractivity contribution is 5.88. The highest BCUT2D eigenvalue weighted by Crippen LogP contribution is 2.38. The van der Waals surface area contributed by atoms with Gasteiger partial charge in [0.15, 0.2) is 0 Å². The number of carbonyl (C=O) groups excluding carboxylic acids is 1. The van der Waals surface area contributed by atoms with Crippen molar-refractivity contribution in [3.05, 3.63) is 98.6 Å². The normalized spacial score (nSPS) is 13.3. The van der Waals surface area contributed by atoms with Crippen LogP contribution in [0, 0.1) is 11.6 Å². The first-order chi connectivity index (χ1) is 19.2. The zero-order valence-corrected chi connectivity index (χ0v) is 22.8. The van der Waals surface area contributed by atoms with Gasteiger partial charge in [0.05, 0.1) is 22.8 Å². The van der Waals surface area contributed by atoms with Gasteiger partial charge in [-0.2, -0.15) is 5.10 Å². The Morgan fingerprint density at radius 2 is 1.75 bits per heavy atom. The number of nitrogens with one attached hydrogen (secondary N) is 1. The Morgan fingerprint density at radius 1 is 1.05 bits per heavy atom. The fourth-order valence-electron chi connectivity index (χ4n) is 5.46. The Balaban J connectivity index is 1.69. The number of hydrogen-bond donors (Lipinski definition) is 2. The number of anilines is 1. The molecule has 4 aromatic rings. The van der Waals surface area contributed by atoms with Crippen molar-refractivity contribution in [2.24, 2.45) is 12.8 Å². The van der Waals surface area contributed by atoms with Crippen molar-refractivity contribution in [2.75, 3.05) is 11.9 Å². The number of urea groups is 1. The minimum Gasteiger partial charge on any atom is -0.351 e. The van der Waals surface area contributed by atoms with Gasteiger partial charge in [0, 0.05) is 62.1 Å². The minimum absolute atomic E-state index is 0.0340. The molecule has 2 amide bonds. The Labute approximate surface area is 231 Å². The monoisotopic (exact) mass is 546 g/mol. The van der Waals surface area contributed by atoms with Gasteiger partial charge in [0.2, 0.25) is 0 Å². The highest BCUT2D eigenvalue weighted by Gasteiger charge is 2.30. The summed E-state index contributed by atoms with van der Waals surface area (Å²) in [6, 6.07) is 10.7. The molecule has 1 aliphatic heterocycles. The van der Waals surface area contributed by atoms with Crippen molar-refractivity contribution in [3.63, 3.8) is 0 Å². The van der Waals surface area contributed by atoms with E-state index in [4.69, 9.17) is 10.8 Å². The number of aryl methyl sites for hydroxylation is 3. The van der Waals surface area contributed by atoms with Crippen LogP contribution >= 0.6 is 0 Å².